The lowest BCUT2D eigenvalue weighted by Gasteiger charge is -2.45. The summed E-state index contributed by atoms with van der Waals surface area (Å²) < 4.78 is 11.2. The molecule has 0 spiro atoms. The van der Waals surface area contributed by atoms with Gasteiger partial charge in [-0.25, -0.2) is 34.7 Å². The van der Waals surface area contributed by atoms with Crippen molar-refractivity contribution in [2.45, 2.75) is 62.1 Å². The Hall–Kier alpha value is -1.61. The number of nitrogens with zero attached hydrogens (tertiary/aromatic N) is 9. The summed E-state index contributed by atoms with van der Waals surface area (Å²) >= 11 is 0. The summed E-state index contributed by atoms with van der Waals surface area (Å²) in [6.45, 7) is 17.2. The molecule has 0 amide bonds. The van der Waals surface area contributed by atoms with E-state index < -0.39 is 0 Å². The number of rotatable bonds is 20. The maximum Gasteiger partial charge on any atom is 0.190 e. The van der Waals surface area contributed by atoms with Gasteiger partial charge in [-0.3, -0.25) is 9.98 Å². The molecule has 12 unspecified atom stereocenters. The number of aromatic nitrogens is 6. The SMILES string of the molecule is C.C.COc1c(Nc2ccc3c(c2)CN=C3N)ncnc1-c1ccc(C)cc1.Cc1ccc(-c2ncnc(Nc3ccc4c(c3)CN=C4N)c2O)cc1.PP(P)P(P)P(P(P(P)P)P(P)P)P(P(P)P)P(P)P.[C-]#[N+]c1ccc(Nc2ncnc(-c3ccc(C)cc3)c2OC)cc1CC. The van der Waals surface area contributed by atoms with Crippen LogP contribution in [0, 0.1) is 27.3 Å². The van der Waals surface area contributed by atoms with Crippen molar-refractivity contribution in [1.82, 2.24) is 29.9 Å². The molecular formula is C62H86N14O3P20. The average molecular weight is 1690 g/mol. The number of ether oxygens (including phenoxy) is 2. The summed E-state index contributed by atoms with van der Waals surface area (Å²) in [5.74, 6) is 3.93. The van der Waals surface area contributed by atoms with Crippen molar-refractivity contribution in [3.05, 3.63) is 202 Å². The maximum absolute atomic E-state index is 10.6. The highest BCUT2D eigenvalue weighted by Crippen LogP contribution is 3.30. The van der Waals surface area contributed by atoms with Crippen molar-refractivity contribution in [3.8, 4) is 51.0 Å². The molecule has 11 rings (SSSR count). The normalized spacial score (nSPS) is 12.2. The quantitative estimate of drug-likeness (QED) is 0.0308. The van der Waals surface area contributed by atoms with Gasteiger partial charge in [0.15, 0.2) is 40.4 Å². The van der Waals surface area contributed by atoms with Crippen LogP contribution in [0.15, 0.2) is 156 Å². The van der Waals surface area contributed by atoms with Gasteiger partial charge < -0.3 is 42.0 Å². The molecule has 0 saturated heterocycles. The van der Waals surface area contributed by atoms with E-state index >= 15 is 0 Å². The van der Waals surface area contributed by atoms with Crippen molar-refractivity contribution in [3.63, 3.8) is 0 Å². The number of nitrogens with one attached hydrogen (secondary N) is 3. The predicted octanol–water partition coefficient (Wildman–Crippen LogP) is 24.5. The lowest BCUT2D eigenvalue weighted by atomic mass is 10.1. The molecule has 0 bridgehead atoms. The van der Waals surface area contributed by atoms with E-state index in [-0.39, 0.29) is 83.5 Å². The lowest BCUT2D eigenvalue weighted by Crippen LogP contribution is -2.10. The van der Waals surface area contributed by atoms with Crippen LogP contribution in [0.25, 0.3) is 38.6 Å². The van der Waals surface area contributed by atoms with Crippen molar-refractivity contribution in [2.24, 2.45) is 21.5 Å². The second kappa shape index (κ2) is 42.1. The Morgan fingerprint density at radius 3 is 1.19 bits per heavy atom. The molecule has 2 aliphatic rings. The molecule has 522 valence electrons. The van der Waals surface area contributed by atoms with Gasteiger partial charge >= 0.3 is 0 Å². The van der Waals surface area contributed by atoms with Crippen molar-refractivity contribution in [1.29, 1.82) is 0 Å². The number of aryl methyl sites for hydroxylation is 4. The molecule has 0 aliphatic carbocycles. The number of nitrogens with two attached hydrogens (primary N) is 2. The summed E-state index contributed by atoms with van der Waals surface area (Å²) in [6.07, 6.45) is 5.29. The van der Waals surface area contributed by atoms with Crippen LogP contribution in [0.2, 0.25) is 0 Å². The zero-order chi connectivity index (χ0) is 70.2. The number of hydrogen-bond donors (Lipinski definition) is 6. The summed E-state index contributed by atoms with van der Waals surface area (Å²) in [6, 6.07) is 41.5. The van der Waals surface area contributed by atoms with Gasteiger partial charge in [0.2, 0.25) is 0 Å². The highest BCUT2D eigenvalue weighted by molar-refractivity contribution is 9.36. The standard InChI is InChI=1S/C21H20N4O.C20H19N5O.C19H17N5O.2CH4.H22P20/c1-5-15-12-17(10-11-18(15)22-3)25-21-20(26-4)19(23-13-24-21)16-8-6-14(2)7-9-16;1-12-3-5-13(6-4-12)17-18(26-2)20(24-11-23-17)25-15-7-8-16-14(9-15)10-22-19(16)21;1-11-2-4-12(5-3-11)16-17(25)19(23-10-22-16)24-14-6-7-15-13(8-14)9-21-18(15)20;;;1-12(2)17(11)20(18(13(3)4)14(5)6)19(15(7)8)16(9)10/h6-13H,5H2,1-2,4H3,(H,23,24,25);3-9,11H,10H2,1-2H3,(H2,21,22)(H,23,24,25);2-8,10,25H,9H2,1H3,(H2,20,21)(H,22,23,24);2*1H4;1-11H2. The Balaban J connectivity index is 0.000000208. The van der Waals surface area contributed by atoms with Crippen LogP contribution in [0.4, 0.5) is 40.2 Å². The molecule has 9 aromatic rings. The number of aromatic hydroxyl groups is 1. The van der Waals surface area contributed by atoms with Crippen LogP contribution in [-0.4, -0.2) is 60.9 Å². The fourth-order valence-corrected chi connectivity index (χ4v) is 236. The zero-order valence-corrected chi connectivity index (χ0v) is 74.5. The fraction of sp³-hybridized carbons (Fsp3) is 0.177. The molecule has 3 aromatic heterocycles. The molecule has 5 heterocycles. The minimum atomic E-state index is 0. The molecule has 12 atom stereocenters. The lowest BCUT2D eigenvalue weighted by molar-refractivity contribution is 0.415. The largest absolute Gasteiger partial charge is 0.503 e. The number of aliphatic imine (C=N–C) groups is 2. The number of benzene rings is 6. The topological polar surface area (TPSA) is 233 Å². The number of amidine groups is 2. The first-order chi connectivity index (χ1) is 46.4. The molecule has 0 fully saturated rings. The van der Waals surface area contributed by atoms with E-state index in [9.17, 15) is 5.11 Å². The highest BCUT2D eigenvalue weighted by atomic mass is 33.4. The van der Waals surface area contributed by atoms with Crippen LogP contribution >= 0.6 is 161 Å². The van der Waals surface area contributed by atoms with Crippen molar-refractivity contribution >= 4 is 213 Å². The third-order valence-corrected chi connectivity index (χ3v) is 140. The summed E-state index contributed by atoms with van der Waals surface area (Å²) in [4.78, 5) is 37.9. The second-order valence-electron chi connectivity index (χ2n) is 21.1. The van der Waals surface area contributed by atoms with Gasteiger partial charge in [0.05, 0.1) is 33.9 Å². The molecule has 37 heteroatoms. The first-order valence-electron chi connectivity index (χ1n) is 29.1. The molecule has 17 nitrogen and oxygen atoms in total. The van der Waals surface area contributed by atoms with E-state index in [2.05, 4.69) is 178 Å². The van der Waals surface area contributed by atoms with Gasteiger partial charge in [0, 0.05) is 44.9 Å². The molecule has 6 aromatic carbocycles. The van der Waals surface area contributed by atoms with E-state index in [1.54, 1.807) is 14.2 Å². The first kappa shape index (κ1) is 86.3. The number of fused-ring (bicyclic) bond motifs is 2. The Morgan fingerprint density at radius 1 is 0.475 bits per heavy atom. The van der Waals surface area contributed by atoms with Crippen molar-refractivity contribution in [2.75, 3.05) is 30.2 Å². The Morgan fingerprint density at radius 2 is 0.828 bits per heavy atom. The van der Waals surface area contributed by atoms with E-state index in [1.165, 1.54) is 30.1 Å². The van der Waals surface area contributed by atoms with Gasteiger partial charge in [-0.2, -0.15) is 0 Å². The maximum atomic E-state index is 10.6. The third kappa shape index (κ3) is 23.4. The average Bonchev–Trinajstić information content (AvgIpc) is 1.75. The molecule has 0 saturated carbocycles. The molecule has 8 N–H and O–H groups in total. The highest BCUT2D eigenvalue weighted by Gasteiger charge is 2.42. The number of methoxy groups -OCH3 is 2. The molecular weight excluding hydrogens is 1610 g/mol. The predicted molar refractivity (Wildman–Crippen MR) is 488 cm³/mol. The molecule has 2 aliphatic heterocycles. The van der Waals surface area contributed by atoms with Gasteiger partial charge in [0.1, 0.15) is 47.7 Å². The monoisotopic (exact) mass is 1690 g/mol. The van der Waals surface area contributed by atoms with Crippen molar-refractivity contribution < 1.29 is 14.6 Å². The molecule has 99 heavy (non-hydrogen) atoms. The van der Waals surface area contributed by atoms with Crippen LogP contribution in [0.3, 0.4) is 0 Å². The Kier molecular flexibility index (Phi) is 36.7. The van der Waals surface area contributed by atoms with E-state index in [0.717, 1.165) is 84.9 Å². The zero-order valence-electron chi connectivity index (χ0n) is 53.8. The molecule has 0 radical (unpaired) electrons. The Labute approximate surface area is 619 Å². The smallest absolute Gasteiger partial charge is 0.190 e. The Bertz CT molecular complexity index is 4240. The van der Waals surface area contributed by atoms with Gasteiger partial charge in [-0.05, 0) is 155 Å². The van der Waals surface area contributed by atoms with E-state index in [1.807, 2.05) is 136 Å². The van der Waals surface area contributed by atoms with Crippen LogP contribution in [0.1, 0.15) is 66.3 Å². The van der Waals surface area contributed by atoms with E-state index in [4.69, 9.17) is 27.5 Å². The van der Waals surface area contributed by atoms with E-state index in [0.29, 0.717) is 65.1 Å². The van der Waals surface area contributed by atoms with Crippen LogP contribution < -0.4 is 36.9 Å². The minimum Gasteiger partial charge on any atom is -0.503 e. The first-order valence-corrected chi connectivity index (χ1v) is 64.6. The minimum absolute atomic E-state index is 0. The van der Waals surface area contributed by atoms with Gasteiger partial charge in [0.25, 0.3) is 0 Å². The van der Waals surface area contributed by atoms with Gasteiger partial charge in [-0.15, -0.1) is 98.2 Å². The number of anilines is 6. The van der Waals surface area contributed by atoms with Gasteiger partial charge in [-0.1, -0.05) is 117 Å². The summed E-state index contributed by atoms with van der Waals surface area (Å²) in [5.41, 5.74) is 28.3. The third-order valence-electron chi connectivity index (χ3n) is 14.4. The van der Waals surface area contributed by atoms with Crippen LogP contribution in [0.5, 0.6) is 17.2 Å². The summed E-state index contributed by atoms with van der Waals surface area (Å²) in [5, 5.41) is 20.3. The number of hydrogen-bond acceptors (Lipinski definition) is 16. The summed E-state index contributed by atoms with van der Waals surface area (Å²) in [7, 11) is 37.9. The van der Waals surface area contributed by atoms with Crippen LogP contribution in [-0.2, 0) is 19.5 Å². The fourth-order valence-electron chi connectivity index (χ4n) is 9.56. The second-order valence-corrected chi connectivity index (χ2v) is 99.7.